The Morgan fingerprint density at radius 3 is 2.39 bits per heavy atom. The Labute approximate surface area is 192 Å². The topological polar surface area (TPSA) is 106 Å². The summed E-state index contributed by atoms with van der Waals surface area (Å²) in [6.45, 7) is 5.28. The van der Waals surface area contributed by atoms with Gasteiger partial charge in [0.2, 0.25) is 10.0 Å². The molecule has 4 aromatic rings. The first-order chi connectivity index (χ1) is 15.6. The van der Waals surface area contributed by atoms with Gasteiger partial charge in [0, 0.05) is 17.3 Å². The number of nitrogens with zero attached hydrogens (tertiary/aromatic N) is 2. The molecule has 2 N–H and O–H groups in total. The van der Waals surface area contributed by atoms with Gasteiger partial charge in [0.05, 0.1) is 16.8 Å². The number of hydrogen-bond acceptors (Lipinski definition) is 5. The molecular weight excluding hydrogens is 440 g/mol. The van der Waals surface area contributed by atoms with Crippen LogP contribution >= 0.6 is 0 Å². The number of rotatable bonds is 6. The second-order valence-electron chi connectivity index (χ2n) is 8.48. The molecule has 4 rings (SSSR count). The van der Waals surface area contributed by atoms with Crippen LogP contribution in [0, 0.1) is 0 Å². The van der Waals surface area contributed by atoms with Crippen LogP contribution < -0.4 is 10.0 Å². The molecular formula is C24H24N4O4S. The highest BCUT2D eigenvalue weighted by Crippen LogP contribution is 2.24. The minimum atomic E-state index is -3.75. The van der Waals surface area contributed by atoms with Crippen LogP contribution in [0.2, 0.25) is 0 Å². The summed E-state index contributed by atoms with van der Waals surface area (Å²) < 4.78 is 34.9. The molecule has 0 unspecified atom stereocenters. The fourth-order valence-electron chi connectivity index (χ4n) is 3.25. The minimum Gasteiger partial charge on any atom is -0.463 e. The van der Waals surface area contributed by atoms with Gasteiger partial charge in [-0.25, -0.2) is 17.8 Å². The second kappa shape index (κ2) is 8.68. The smallest absolute Gasteiger partial charge is 0.274 e. The number of nitrogens with one attached hydrogen (secondary N) is 2. The minimum absolute atomic E-state index is 0.0584. The maximum atomic E-state index is 13.2. The molecule has 0 aliphatic rings. The van der Waals surface area contributed by atoms with Gasteiger partial charge in [0.15, 0.2) is 5.76 Å². The SMILES string of the molecule is CC(C)(C)NS(=O)(=O)c1cccc(NC(=O)c2cc(-c3ccco3)nn2-c2ccccc2)c1. The largest absolute Gasteiger partial charge is 0.463 e. The summed E-state index contributed by atoms with van der Waals surface area (Å²) in [5, 5.41) is 7.32. The highest BCUT2D eigenvalue weighted by molar-refractivity contribution is 7.89. The molecule has 0 spiro atoms. The Morgan fingerprint density at radius 2 is 1.73 bits per heavy atom. The summed E-state index contributed by atoms with van der Waals surface area (Å²) in [6.07, 6.45) is 1.54. The lowest BCUT2D eigenvalue weighted by molar-refractivity contribution is 0.101. The first kappa shape index (κ1) is 22.5. The Morgan fingerprint density at radius 1 is 0.970 bits per heavy atom. The van der Waals surface area contributed by atoms with Crippen LogP contribution in [0.1, 0.15) is 31.3 Å². The number of furan rings is 1. The van der Waals surface area contributed by atoms with Gasteiger partial charge in [0.25, 0.3) is 5.91 Å². The average Bonchev–Trinajstić information content (AvgIpc) is 3.43. The van der Waals surface area contributed by atoms with Crippen molar-refractivity contribution in [1.29, 1.82) is 0 Å². The van der Waals surface area contributed by atoms with E-state index in [9.17, 15) is 13.2 Å². The molecule has 8 nitrogen and oxygen atoms in total. The first-order valence-electron chi connectivity index (χ1n) is 10.3. The Bertz CT molecular complexity index is 1370. The van der Waals surface area contributed by atoms with Gasteiger partial charge in [-0.2, -0.15) is 5.10 Å². The lowest BCUT2D eigenvalue weighted by Gasteiger charge is -2.20. The van der Waals surface area contributed by atoms with Gasteiger partial charge in [-0.3, -0.25) is 4.79 Å². The predicted octanol–water partition coefficient (Wildman–Crippen LogP) is 4.46. The number of amides is 1. The van der Waals surface area contributed by atoms with Gasteiger partial charge >= 0.3 is 0 Å². The lowest BCUT2D eigenvalue weighted by Crippen LogP contribution is -2.40. The molecule has 2 aromatic carbocycles. The van der Waals surface area contributed by atoms with E-state index in [2.05, 4.69) is 15.1 Å². The number of carbonyl (C=O) groups is 1. The first-order valence-corrected chi connectivity index (χ1v) is 11.8. The van der Waals surface area contributed by atoms with E-state index in [1.807, 2.05) is 30.3 Å². The summed E-state index contributed by atoms with van der Waals surface area (Å²) in [7, 11) is -3.75. The maximum absolute atomic E-state index is 13.2. The van der Waals surface area contributed by atoms with E-state index in [0.717, 1.165) is 0 Å². The fraction of sp³-hybridized carbons (Fsp3) is 0.167. The molecule has 0 radical (unpaired) electrons. The molecule has 2 heterocycles. The zero-order valence-electron chi connectivity index (χ0n) is 18.4. The molecule has 0 fully saturated rings. The molecule has 1 amide bonds. The van der Waals surface area contributed by atoms with Crippen molar-refractivity contribution in [3.05, 3.63) is 84.8 Å². The fourth-order valence-corrected chi connectivity index (χ4v) is 4.72. The quantitative estimate of drug-likeness (QED) is 0.438. The van der Waals surface area contributed by atoms with E-state index in [-0.39, 0.29) is 10.6 Å². The maximum Gasteiger partial charge on any atom is 0.274 e. The number of aromatic nitrogens is 2. The van der Waals surface area contributed by atoms with Crippen LogP contribution in [-0.2, 0) is 10.0 Å². The van der Waals surface area contributed by atoms with Crippen LogP contribution in [-0.4, -0.2) is 29.6 Å². The second-order valence-corrected chi connectivity index (χ2v) is 10.2. The van der Waals surface area contributed by atoms with Crippen LogP contribution in [0.25, 0.3) is 17.1 Å². The molecule has 170 valence electrons. The standard InChI is InChI=1S/C24H24N4O4S/c1-24(2,3)27-33(30,31)19-12-7-9-17(15-19)25-23(29)21-16-20(22-13-8-14-32-22)26-28(21)18-10-5-4-6-11-18/h4-16,27H,1-3H3,(H,25,29). The van der Waals surface area contributed by atoms with Crippen molar-refractivity contribution in [3.63, 3.8) is 0 Å². The van der Waals surface area contributed by atoms with Gasteiger partial charge in [0.1, 0.15) is 11.4 Å². The molecule has 33 heavy (non-hydrogen) atoms. The monoisotopic (exact) mass is 464 g/mol. The van der Waals surface area contributed by atoms with E-state index in [4.69, 9.17) is 4.42 Å². The lowest BCUT2D eigenvalue weighted by atomic mass is 10.1. The molecule has 0 saturated carbocycles. The summed E-state index contributed by atoms with van der Waals surface area (Å²) in [4.78, 5) is 13.3. The van der Waals surface area contributed by atoms with Crippen molar-refractivity contribution in [2.24, 2.45) is 0 Å². The Kier molecular flexibility index (Phi) is 5.92. The molecule has 0 aliphatic carbocycles. The van der Waals surface area contributed by atoms with E-state index >= 15 is 0 Å². The van der Waals surface area contributed by atoms with Crippen molar-refractivity contribution < 1.29 is 17.6 Å². The highest BCUT2D eigenvalue weighted by Gasteiger charge is 2.23. The van der Waals surface area contributed by atoms with Crippen molar-refractivity contribution in [1.82, 2.24) is 14.5 Å². The predicted molar refractivity (Wildman–Crippen MR) is 126 cm³/mol. The van der Waals surface area contributed by atoms with Crippen LogP contribution in [0.5, 0.6) is 0 Å². The number of sulfonamides is 1. The number of para-hydroxylation sites is 1. The number of carbonyl (C=O) groups excluding carboxylic acids is 1. The zero-order valence-corrected chi connectivity index (χ0v) is 19.3. The summed E-state index contributed by atoms with van der Waals surface area (Å²) in [5.74, 6) is 0.0857. The summed E-state index contributed by atoms with van der Waals surface area (Å²) >= 11 is 0. The van der Waals surface area contributed by atoms with Gasteiger partial charge in [-0.1, -0.05) is 24.3 Å². The number of benzene rings is 2. The van der Waals surface area contributed by atoms with Crippen molar-refractivity contribution >= 4 is 21.6 Å². The van der Waals surface area contributed by atoms with E-state index < -0.39 is 21.5 Å². The van der Waals surface area contributed by atoms with Gasteiger partial charge < -0.3 is 9.73 Å². The summed E-state index contributed by atoms with van der Waals surface area (Å²) in [5.41, 5.74) is 1.18. The Balaban J connectivity index is 1.67. The van der Waals surface area contributed by atoms with Crippen LogP contribution in [0.15, 0.2) is 88.4 Å². The number of hydrogen-bond donors (Lipinski definition) is 2. The summed E-state index contributed by atoms with van der Waals surface area (Å²) in [6, 6.07) is 20.5. The highest BCUT2D eigenvalue weighted by atomic mass is 32.2. The zero-order chi connectivity index (χ0) is 23.6. The molecule has 0 aliphatic heterocycles. The molecule has 0 atom stereocenters. The van der Waals surface area contributed by atoms with Crippen molar-refractivity contribution in [2.45, 2.75) is 31.2 Å². The van der Waals surface area contributed by atoms with Gasteiger partial charge in [-0.05, 0) is 63.2 Å². The van der Waals surface area contributed by atoms with E-state index in [1.54, 1.807) is 51.1 Å². The third-order valence-corrected chi connectivity index (χ3v) is 6.31. The normalized spacial score (nSPS) is 12.0. The van der Waals surface area contributed by atoms with Crippen molar-refractivity contribution in [2.75, 3.05) is 5.32 Å². The van der Waals surface area contributed by atoms with Crippen LogP contribution in [0.3, 0.4) is 0 Å². The van der Waals surface area contributed by atoms with Crippen molar-refractivity contribution in [3.8, 4) is 17.1 Å². The van der Waals surface area contributed by atoms with Gasteiger partial charge in [-0.15, -0.1) is 0 Å². The van der Waals surface area contributed by atoms with E-state index in [0.29, 0.717) is 22.8 Å². The molecule has 9 heteroatoms. The van der Waals surface area contributed by atoms with Crippen LogP contribution in [0.4, 0.5) is 5.69 Å². The number of anilines is 1. The molecule has 2 aromatic heterocycles. The molecule has 0 bridgehead atoms. The molecule has 0 saturated heterocycles. The average molecular weight is 465 g/mol. The van der Waals surface area contributed by atoms with E-state index in [1.165, 1.54) is 23.1 Å². The Hall–Kier alpha value is -3.69. The third-order valence-electron chi connectivity index (χ3n) is 4.56. The third kappa shape index (κ3) is 5.21.